The van der Waals surface area contributed by atoms with Crippen molar-refractivity contribution in [2.24, 2.45) is 5.73 Å². The van der Waals surface area contributed by atoms with Crippen LogP contribution in [0.15, 0.2) is 0 Å². The molecule has 2 rings (SSSR count). The summed E-state index contributed by atoms with van der Waals surface area (Å²) in [4.78, 5) is 52.3. The van der Waals surface area contributed by atoms with E-state index >= 15 is 0 Å². The van der Waals surface area contributed by atoms with E-state index in [1.165, 1.54) is 0 Å². The quantitative estimate of drug-likeness (QED) is 0.0895. The molecule has 206 valence electrons. The summed E-state index contributed by atoms with van der Waals surface area (Å²) < 4.78 is 50.7. The van der Waals surface area contributed by atoms with Gasteiger partial charge in [0.05, 0.1) is 39.7 Å². The molecule has 0 radical (unpaired) electrons. The molecule has 0 bridgehead atoms. The van der Waals surface area contributed by atoms with Crippen LogP contribution in [0, 0.1) is 0 Å². The van der Waals surface area contributed by atoms with Gasteiger partial charge in [-0.1, -0.05) is 0 Å². The number of ether oxygens (including phenoxy) is 4. The molecule has 2 aliphatic rings. The number of hydrogen-bond donors (Lipinski definition) is 6. The fraction of sp³-hybridized carbons (Fsp3) is 0.929. The third kappa shape index (κ3) is 15.4. The summed E-state index contributed by atoms with van der Waals surface area (Å²) >= 11 is 0. The van der Waals surface area contributed by atoms with E-state index in [9.17, 15) is 54.1 Å². The van der Waals surface area contributed by atoms with Crippen LogP contribution < -0.4 is 144 Å². The molecule has 0 aromatic carbocycles. The van der Waals surface area contributed by atoms with Crippen molar-refractivity contribution in [2.75, 3.05) is 19.8 Å². The molecule has 7 N–H and O–H groups in total. The summed E-state index contributed by atoms with van der Waals surface area (Å²) in [6.07, 6.45) is -17.2. The molecular weight excluding hydrogens is 624 g/mol. The van der Waals surface area contributed by atoms with Crippen LogP contribution in [-0.4, -0.2) is 112 Å². The molecule has 0 aromatic heterocycles. The summed E-state index contributed by atoms with van der Waals surface area (Å²) in [5, 5.41) is 51.2. The van der Waals surface area contributed by atoms with Crippen molar-refractivity contribution >= 4 is 21.6 Å². The second-order valence-corrected chi connectivity index (χ2v) is 9.72. The molecule has 0 aromatic rings. The van der Waals surface area contributed by atoms with Gasteiger partial charge in [-0.15, -0.1) is 0 Å². The van der Waals surface area contributed by atoms with Crippen molar-refractivity contribution in [3.63, 3.8) is 0 Å². The van der Waals surface area contributed by atoms with Gasteiger partial charge < -0.3 is 88.2 Å². The molecule has 2 heterocycles. The van der Waals surface area contributed by atoms with Crippen LogP contribution in [0.4, 0.5) is 0 Å². The summed E-state index contributed by atoms with van der Waals surface area (Å²) in [5.41, 5.74) is 5.20. The van der Waals surface area contributed by atoms with Crippen molar-refractivity contribution in [3.8, 4) is 0 Å². The molecule has 2 fully saturated rings. The maximum absolute atomic E-state index is 11.2. The van der Waals surface area contributed by atoms with Crippen LogP contribution >= 0.6 is 15.6 Å². The molecule has 0 saturated carbocycles. The predicted octanol–water partition coefficient (Wildman–Crippen LogP) is -20.3. The second kappa shape index (κ2) is 20.5. The second-order valence-electron chi connectivity index (χ2n) is 7.42. The van der Waals surface area contributed by atoms with Crippen LogP contribution in [0.5, 0.6) is 0 Å². The molecular formula is C14H23NNa4O18P2. The third-order valence-electron chi connectivity index (χ3n) is 4.78. The van der Waals surface area contributed by atoms with E-state index in [0.717, 1.165) is 0 Å². The smallest absolute Gasteiger partial charge is 0.790 e. The summed E-state index contributed by atoms with van der Waals surface area (Å²) in [6, 6.07) is -1.69. The number of nitrogens with two attached hydrogens (primary N) is 1. The van der Waals surface area contributed by atoms with Gasteiger partial charge in [-0.25, -0.2) is 0 Å². The first-order chi connectivity index (χ1) is 16.0. The zero-order valence-corrected chi connectivity index (χ0v) is 31.2. The number of hydrogen-bond acceptors (Lipinski definition) is 18. The van der Waals surface area contributed by atoms with Crippen LogP contribution in [-0.2, 0) is 41.9 Å². The summed E-state index contributed by atoms with van der Waals surface area (Å²) in [5.74, 6) is -1.73. The number of aliphatic hydroxyl groups is 4. The predicted molar refractivity (Wildman–Crippen MR) is 94.5 cm³/mol. The van der Waals surface area contributed by atoms with Crippen molar-refractivity contribution in [2.45, 2.75) is 61.3 Å². The maximum atomic E-state index is 11.2. The Bertz CT molecular complexity index is 823. The minimum atomic E-state index is -5.55. The molecule has 39 heavy (non-hydrogen) atoms. The standard InChI is InChI=1S/C14H27NO18P2.4Na/c15-4(12(20)21)1-28-14-11(33-35(25,26)27)8(17)5(2-29-14)31-13-10(19)9(18)7(16)6(32-13)3-30-34(22,23)24;;;;/h4-11,13-14,16-19H,1-3,15H2,(H,20,21)(H2,22,23,24)(H2,25,26,27);;;;/q;4*+1/p-4/t4-,5+,6+,7-,8-,9-,10+,11+,13+,14+;;;;/m0..../s1. The van der Waals surface area contributed by atoms with Crippen molar-refractivity contribution in [1.82, 2.24) is 0 Å². The van der Waals surface area contributed by atoms with Crippen LogP contribution in [0.2, 0.25) is 0 Å². The van der Waals surface area contributed by atoms with E-state index in [2.05, 4.69) is 9.05 Å². The number of aliphatic carboxylic acids is 1. The van der Waals surface area contributed by atoms with E-state index in [0.29, 0.717) is 0 Å². The fourth-order valence-corrected chi connectivity index (χ4v) is 3.92. The average molecular weight is 647 g/mol. The van der Waals surface area contributed by atoms with Gasteiger partial charge in [-0.3, -0.25) is 4.57 Å². The molecule has 19 nitrogen and oxygen atoms in total. The fourth-order valence-electron chi connectivity index (χ4n) is 3.05. The number of carboxylic acids is 1. The average Bonchev–Trinajstić information content (AvgIpc) is 2.73. The minimum absolute atomic E-state index is 0. The summed E-state index contributed by atoms with van der Waals surface area (Å²) in [6.45, 7) is -2.54. The Morgan fingerprint density at radius 2 is 1.54 bits per heavy atom. The van der Waals surface area contributed by atoms with Crippen molar-refractivity contribution in [3.05, 3.63) is 0 Å². The number of carbonyl (C=O) groups is 1. The van der Waals surface area contributed by atoms with E-state index in [1.54, 1.807) is 0 Å². The Morgan fingerprint density at radius 3 is 2.03 bits per heavy atom. The number of carbonyl (C=O) groups excluding carboxylic acids is 1. The number of phosphoric acid groups is 2. The SMILES string of the molecule is N[C@@H](CO[C@@H]1OC[C@@H](O[C@@H]2O[C@H](COP(=O)([O-])[O-])[C@H](O)[C@H](O)[C@H]2O)[C@H](O)[C@H]1OP(=O)([O-])O)C(=O)[O-].[Na+].[Na+].[Na+].[Na+]. The molecule has 25 heteroatoms. The van der Waals surface area contributed by atoms with E-state index < -0.39 is 103 Å². The van der Waals surface area contributed by atoms with Gasteiger partial charge in [0.1, 0.15) is 42.7 Å². The van der Waals surface area contributed by atoms with Crippen LogP contribution in [0.3, 0.4) is 0 Å². The zero-order chi connectivity index (χ0) is 26.7. The Kier molecular flexibility index (Phi) is 24.5. The zero-order valence-electron chi connectivity index (χ0n) is 21.4. The molecule has 1 unspecified atom stereocenters. The van der Waals surface area contributed by atoms with Gasteiger partial charge in [0.25, 0.3) is 7.82 Å². The molecule has 11 atom stereocenters. The van der Waals surface area contributed by atoms with E-state index in [-0.39, 0.29) is 118 Å². The monoisotopic (exact) mass is 647 g/mol. The van der Waals surface area contributed by atoms with Crippen LogP contribution in [0.1, 0.15) is 0 Å². The van der Waals surface area contributed by atoms with Gasteiger partial charge in [0.15, 0.2) is 12.6 Å². The largest absolute Gasteiger partial charge is 1.00 e. The first-order valence-electron chi connectivity index (χ1n) is 9.62. The first-order valence-corrected chi connectivity index (χ1v) is 12.6. The van der Waals surface area contributed by atoms with Crippen molar-refractivity contribution in [1.29, 1.82) is 0 Å². The topological polar surface area (TPSA) is 326 Å². The first kappa shape index (κ1) is 46.7. The molecule has 0 amide bonds. The number of rotatable bonds is 11. The maximum Gasteiger partial charge on any atom is 1.00 e. The van der Waals surface area contributed by atoms with Gasteiger partial charge >= 0.3 is 118 Å². The minimum Gasteiger partial charge on any atom is -0.790 e. The Labute approximate surface area is 310 Å². The molecule has 2 saturated heterocycles. The van der Waals surface area contributed by atoms with Crippen molar-refractivity contribution < 1.29 is 205 Å². The Hall–Kier alpha value is 3.33. The van der Waals surface area contributed by atoms with Crippen LogP contribution in [0.25, 0.3) is 0 Å². The third-order valence-corrected chi connectivity index (χ3v) is 5.76. The molecule has 0 aliphatic carbocycles. The van der Waals surface area contributed by atoms with Gasteiger partial charge in [0.2, 0.25) is 0 Å². The van der Waals surface area contributed by atoms with E-state index in [4.69, 9.17) is 29.6 Å². The number of aliphatic hydroxyl groups excluding tert-OH is 4. The Balaban J connectivity index is -0.00000324. The van der Waals surface area contributed by atoms with Gasteiger partial charge in [0, 0.05) is 0 Å². The number of carboxylic acid groups (broad SMARTS) is 1. The summed E-state index contributed by atoms with van der Waals surface area (Å²) in [7, 11) is -11.1. The molecule has 2 aliphatic heterocycles. The molecule has 0 spiro atoms. The van der Waals surface area contributed by atoms with E-state index in [1.807, 2.05) is 0 Å². The van der Waals surface area contributed by atoms with Gasteiger partial charge in [-0.05, 0) is 0 Å². The number of phosphoric ester groups is 2. The normalized spacial score (nSPS) is 35.1. The Morgan fingerprint density at radius 1 is 0.974 bits per heavy atom. The van der Waals surface area contributed by atoms with Gasteiger partial charge in [-0.2, -0.15) is 0 Å².